The van der Waals surface area contributed by atoms with Gasteiger partial charge >= 0.3 is 11.9 Å². The summed E-state index contributed by atoms with van der Waals surface area (Å²) in [5.41, 5.74) is 11.6. The quantitative estimate of drug-likeness (QED) is 0.403. The summed E-state index contributed by atoms with van der Waals surface area (Å²) in [6.45, 7) is 3.97. The van der Waals surface area contributed by atoms with E-state index in [1.165, 1.54) is 0 Å². The van der Waals surface area contributed by atoms with Gasteiger partial charge in [0.1, 0.15) is 0 Å². The van der Waals surface area contributed by atoms with Crippen LogP contribution in [0.4, 0.5) is 0 Å². The molecule has 0 aliphatic carbocycles. The van der Waals surface area contributed by atoms with Crippen LogP contribution in [0.25, 0.3) is 0 Å². The zero-order chi connectivity index (χ0) is 19.1. The first-order valence-electron chi connectivity index (χ1n) is 8.36. The average molecular weight is 397 g/mol. The molecule has 2 aromatic rings. The van der Waals surface area contributed by atoms with Crippen molar-refractivity contribution < 1.29 is 19.1 Å². The van der Waals surface area contributed by atoms with Crippen molar-refractivity contribution in [1.82, 2.24) is 0 Å². The van der Waals surface area contributed by atoms with Crippen molar-refractivity contribution in [3.05, 3.63) is 44.8 Å². The summed E-state index contributed by atoms with van der Waals surface area (Å²) in [4.78, 5) is 26.0. The summed E-state index contributed by atoms with van der Waals surface area (Å²) in [5.74, 6) is -1.98. The minimum atomic E-state index is -1.12. The molecule has 0 spiro atoms. The van der Waals surface area contributed by atoms with Gasteiger partial charge in [0, 0.05) is 22.6 Å². The smallest absolute Gasteiger partial charge is 0.419 e. The topological polar surface area (TPSA) is 105 Å². The van der Waals surface area contributed by atoms with Crippen LogP contribution >= 0.6 is 22.7 Å². The number of rotatable bonds is 8. The maximum atomic E-state index is 11.8. The molecule has 2 heterocycles. The molecule has 4 unspecified atom stereocenters. The second kappa shape index (κ2) is 9.82. The molecular weight excluding hydrogens is 372 g/mol. The van der Waals surface area contributed by atoms with E-state index < -0.39 is 24.4 Å². The van der Waals surface area contributed by atoms with E-state index in [9.17, 15) is 9.59 Å². The van der Waals surface area contributed by atoms with Crippen molar-refractivity contribution >= 4 is 34.6 Å². The molecule has 0 radical (unpaired) electrons. The van der Waals surface area contributed by atoms with Gasteiger partial charge in [0.2, 0.25) is 0 Å². The fourth-order valence-electron chi connectivity index (χ4n) is 2.54. The van der Waals surface area contributed by atoms with E-state index in [1.54, 1.807) is 22.7 Å². The van der Waals surface area contributed by atoms with Gasteiger partial charge in [-0.1, -0.05) is 26.0 Å². The normalized spacial score (nSPS) is 15.7. The number of thiophene rings is 2. The van der Waals surface area contributed by atoms with Gasteiger partial charge < -0.3 is 9.47 Å². The van der Waals surface area contributed by atoms with E-state index >= 15 is 0 Å². The van der Waals surface area contributed by atoms with Crippen LogP contribution in [-0.2, 0) is 19.1 Å². The Morgan fingerprint density at radius 3 is 1.58 bits per heavy atom. The van der Waals surface area contributed by atoms with Gasteiger partial charge in [-0.15, -0.1) is 22.7 Å². The van der Waals surface area contributed by atoms with E-state index in [-0.39, 0.29) is 11.8 Å². The number of ether oxygens (including phenoxy) is 2. The van der Waals surface area contributed by atoms with Crippen molar-refractivity contribution in [2.75, 3.05) is 0 Å². The fourth-order valence-corrected chi connectivity index (χ4v) is 4.14. The Labute approximate surface area is 161 Å². The van der Waals surface area contributed by atoms with Crippen molar-refractivity contribution in [2.24, 2.45) is 11.5 Å². The molecule has 2 rings (SSSR count). The minimum absolute atomic E-state index is 0.128. The lowest BCUT2D eigenvalue weighted by Crippen LogP contribution is -2.36. The number of carbonyl (C=O) groups excluding carboxylic acids is 2. The molecule has 4 N–H and O–H groups in total. The summed E-state index contributed by atoms with van der Waals surface area (Å²) in [6, 6.07) is 7.88. The van der Waals surface area contributed by atoms with Gasteiger partial charge in [-0.05, 0) is 34.7 Å². The predicted molar refractivity (Wildman–Crippen MR) is 103 cm³/mol. The third-order valence-electron chi connectivity index (χ3n) is 3.91. The molecule has 6 nitrogen and oxygen atoms in total. The van der Waals surface area contributed by atoms with Gasteiger partial charge in [-0.3, -0.25) is 11.5 Å². The van der Waals surface area contributed by atoms with Crippen LogP contribution in [0.1, 0.15) is 48.3 Å². The van der Waals surface area contributed by atoms with Crippen LogP contribution in [-0.4, -0.2) is 24.4 Å². The van der Waals surface area contributed by atoms with Gasteiger partial charge in [-0.2, -0.15) is 0 Å². The van der Waals surface area contributed by atoms with E-state index in [0.717, 1.165) is 9.75 Å². The molecule has 8 heteroatoms. The number of hydrogen-bond acceptors (Lipinski definition) is 8. The Kier molecular flexibility index (Phi) is 7.77. The standard InChI is InChI=1S/C18H24N2O4S2/c1-11(13-5-3-7-25-13)9-15(19)23-17(21)18(22)24-16(20)10-12(2)14-6-4-8-26-14/h3-8,11-12,15-16H,9-10,19-20H2,1-2H3. The SMILES string of the molecule is CC(CC(N)OC(=O)C(=O)OC(N)CC(C)c1cccs1)c1cccs1. The molecule has 2 aromatic heterocycles. The Hall–Kier alpha value is -1.74. The third kappa shape index (κ3) is 6.21. The molecule has 0 fully saturated rings. The largest absolute Gasteiger partial charge is 0.438 e. The molecule has 0 saturated carbocycles. The summed E-state index contributed by atoms with van der Waals surface area (Å²) >= 11 is 3.22. The molecule has 0 saturated heterocycles. The Bertz CT molecular complexity index is 628. The van der Waals surface area contributed by atoms with Gasteiger partial charge in [0.25, 0.3) is 0 Å². The molecule has 0 amide bonds. The van der Waals surface area contributed by atoms with Crippen molar-refractivity contribution in [3.8, 4) is 0 Å². The Morgan fingerprint density at radius 2 is 1.27 bits per heavy atom. The summed E-state index contributed by atoms with van der Waals surface area (Å²) < 4.78 is 9.95. The first kappa shape index (κ1) is 20.6. The molecule has 26 heavy (non-hydrogen) atoms. The maximum Gasteiger partial charge on any atom is 0.419 e. The summed E-state index contributed by atoms with van der Waals surface area (Å²) in [5, 5.41) is 3.94. The van der Waals surface area contributed by atoms with Crippen LogP contribution in [0.2, 0.25) is 0 Å². The summed E-state index contributed by atoms with van der Waals surface area (Å²) in [6.07, 6.45) is -0.927. The second-order valence-electron chi connectivity index (χ2n) is 6.19. The summed E-state index contributed by atoms with van der Waals surface area (Å²) in [7, 11) is 0. The highest BCUT2D eigenvalue weighted by atomic mass is 32.1. The van der Waals surface area contributed by atoms with Crippen LogP contribution < -0.4 is 11.5 Å². The van der Waals surface area contributed by atoms with Crippen molar-refractivity contribution in [2.45, 2.75) is 51.0 Å². The second-order valence-corrected chi connectivity index (χ2v) is 8.15. The molecule has 0 aromatic carbocycles. The number of esters is 2. The molecule has 0 aliphatic heterocycles. The molecular formula is C18H24N2O4S2. The Balaban J connectivity index is 1.74. The average Bonchev–Trinajstić information content (AvgIpc) is 3.28. The highest BCUT2D eigenvalue weighted by Crippen LogP contribution is 2.25. The molecule has 142 valence electrons. The zero-order valence-corrected chi connectivity index (χ0v) is 16.4. The van der Waals surface area contributed by atoms with Gasteiger partial charge in [0.05, 0.1) is 0 Å². The van der Waals surface area contributed by atoms with Crippen LogP contribution in [0, 0.1) is 0 Å². The highest BCUT2D eigenvalue weighted by Gasteiger charge is 2.25. The lowest BCUT2D eigenvalue weighted by molar-refractivity contribution is -0.174. The van der Waals surface area contributed by atoms with Crippen molar-refractivity contribution in [1.29, 1.82) is 0 Å². The van der Waals surface area contributed by atoms with Gasteiger partial charge in [-0.25, -0.2) is 9.59 Å². The lowest BCUT2D eigenvalue weighted by atomic mass is 10.1. The van der Waals surface area contributed by atoms with Crippen LogP contribution in [0.5, 0.6) is 0 Å². The number of hydrogen-bond donors (Lipinski definition) is 2. The number of nitrogens with two attached hydrogens (primary N) is 2. The van der Waals surface area contributed by atoms with E-state index in [2.05, 4.69) is 0 Å². The van der Waals surface area contributed by atoms with Crippen molar-refractivity contribution in [3.63, 3.8) is 0 Å². The molecule has 0 bridgehead atoms. The third-order valence-corrected chi connectivity index (χ3v) is 6.12. The molecule has 4 atom stereocenters. The number of carbonyl (C=O) groups is 2. The van der Waals surface area contributed by atoms with E-state index in [1.807, 2.05) is 48.9 Å². The lowest BCUT2D eigenvalue weighted by Gasteiger charge is -2.19. The Morgan fingerprint density at radius 1 is 0.885 bits per heavy atom. The predicted octanol–water partition coefficient (Wildman–Crippen LogP) is 3.15. The minimum Gasteiger partial charge on any atom is -0.438 e. The van der Waals surface area contributed by atoms with Gasteiger partial charge in [0.15, 0.2) is 12.5 Å². The maximum absolute atomic E-state index is 11.8. The van der Waals surface area contributed by atoms with Crippen LogP contribution in [0.15, 0.2) is 35.0 Å². The highest BCUT2D eigenvalue weighted by molar-refractivity contribution is 7.10. The fraction of sp³-hybridized carbons (Fsp3) is 0.444. The van der Waals surface area contributed by atoms with Crippen LogP contribution in [0.3, 0.4) is 0 Å². The van der Waals surface area contributed by atoms with E-state index in [0.29, 0.717) is 12.8 Å². The first-order chi connectivity index (χ1) is 12.4. The molecule has 0 aliphatic rings. The first-order valence-corrected chi connectivity index (χ1v) is 10.1. The monoisotopic (exact) mass is 396 g/mol. The van der Waals surface area contributed by atoms with E-state index in [4.69, 9.17) is 20.9 Å². The zero-order valence-electron chi connectivity index (χ0n) is 14.8.